The molecule has 0 spiro atoms. The van der Waals surface area contributed by atoms with Crippen LogP contribution in [0, 0.1) is 6.92 Å². The Kier molecular flexibility index (Phi) is 2.86. The molecule has 0 radical (unpaired) electrons. The summed E-state index contributed by atoms with van der Waals surface area (Å²) in [4.78, 5) is 13.4. The normalized spacial score (nSPS) is 15.7. The van der Waals surface area contributed by atoms with Crippen LogP contribution in [0.5, 0.6) is 0 Å². The summed E-state index contributed by atoms with van der Waals surface area (Å²) in [5, 5.41) is -0.318. The van der Waals surface area contributed by atoms with Gasteiger partial charge in [-0.05, 0) is 35.7 Å². The maximum atomic E-state index is 11.7. The van der Waals surface area contributed by atoms with Gasteiger partial charge in [0.25, 0.3) is 0 Å². The van der Waals surface area contributed by atoms with Gasteiger partial charge in [-0.3, -0.25) is 4.79 Å². The summed E-state index contributed by atoms with van der Waals surface area (Å²) >= 11 is 6.46. The molecular formula is C15H14ClNO2. The molecule has 0 saturated heterocycles. The van der Waals surface area contributed by atoms with E-state index in [0.29, 0.717) is 6.42 Å². The predicted octanol–water partition coefficient (Wildman–Crippen LogP) is 3.44. The van der Waals surface area contributed by atoms with E-state index in [1.54, 1.807) is 18.2 Å². The van der Waals surface area contributed by atoms with E-state index in [0.717, 1.165) is 28.1 Å². The minimum atomic E-state index is -0.318. The Morgan fingerprint density at radius 3 is 2.84 bits per heavy atom. The fourth-order valence-electron chi connectivity index (χ4n) is 2.44. The van der Waals surface area contributed by atoms with Crippen LogP contribution in [0.2, 0.25) is 0 Å². The van der Waals surface area contributed by atoms with Gasteiger partial charge in [0.15, 0.2) is 0 Å². The lowest BCUT2D eigenvalue weighted by Gasteiger charge is -2.12. The van der Waals surface area contributed by atoms with Gasteiger partial charge >= 0.3 is 0 Å². The lowest BCUT2D eigenvalue weighted by atomic mass is 10.0. The quantitative estimate of drug-likeness (QED) is 0.787. The molecule has 1 aromatic carbocycles. The molecular weight excluding hydrogens is 262 g/mol. The maximum Gasteiger partial charge on any atom is 0.231 e. The first-order chi connectivity index (χ1) is 9.08. The van der Waals surface area contributed by atoms with E-state index in [9.17, 15) is 4.79 Å². The molecule has 2 heterocycles. The average molecular weight is 276 g/mol. The Balaban J connectivity index is 1.98. The first-order valence-corrected chi connectivity index (χ1v) is 6.59. The summed E-state index contributed by atoms with van der Waals surface area (Å²) in [6, 6.07) is 7.79. The van der Waals surface area contributed by atoms with Crippen molar-refractivity contribution in [3.05, 3.63) is 53.0 Å². The van der Waals surface area contributed by atoms with E-state index >= 15 is 0 Å². The van der Waals surface area contributed by atoms with Gasteiger partial charge in [0.2, 0.25) is 5.91 Å². The second kappa shape index (κ2) is 4.42. The third-order valence-corrected chi connectivity index (χ3v) is 4.06. The van der Waals surface area contributed by atoms with Crippen molar-refractivity contribution >= 4 is 23.2 Å². The van der Waals surface area contributed by atoms with Gasteiger partial charge in [-0.1, -0.05) is 12.1 Å². The molecule has 0 fully saturated rings. The van der Waals surface area contributed by atoms with Crippen LogP contribution < -0.4 is 4.90 Å². The van der Waals surface area contributed by atoms with Gasteiger partial charge in [-0.25, -0.2) is 0 Å². The molecule has 3 rings (SSSR count). The lowest BCUT2D eigenvalue weighted by Crippen LogP contribution is -2.20. The number of halogens is 1. The number of fused-ring (bicyclic) bond motifs is 1. The minimum Gasteiger partial charge on any atom is -0.467 e. The van der Waals surface area contributed by atoms with Gasteiger partial charge in [0.05, 0.1) is 12.7 Å². The van der Waals surface area contributed by atoms with Gasteiger partial charge in [-0.2, -0.15) is 0 Å². The zero-order chi connectivity index (χ0) is 13.6. The van der Waals surface area contributed by atoms with E-state index in [2.05, 4.69) is 0 Å². The third-order valence-electron chi connectivity index (χ3n) is 3.61. The standard InChI is InChI=1S/C15H14ClNO2/c1-9-5-6-19-15(9)14(16)10-3-4-12-11(7-10)8-13(18)17(12)2/h3-7,14H,8H2,1-2H3. The highest BCUT2D eigenvalue weighted by molar-refractivity contribution is 6.22. The summed E-state index contributed by atoms with van der Waals surface area (Å²) in [5.41, 5.74) is 3.99. The number of amides is 1. The van der Waals surface area contributed by atoms with Gasteiger partial charge in [0, 0.05) is 12.7 Å². The zero-order valence-electron chi connectivity index (χ0n) is 10.8. The summed E-state index contributed by atoms with van der Waals surface area (Å²) in [7, 11) is 1.79. The second-order valence-corrected chi connectivity index (χ2v) is 5.28. The molecule has 98 valence electrons. The van der Waals surface area contributed by atoms with Crippen molar-refractivity contribution in [2.75, 3.05) is 11.9 Å². The number of carbonyl (C=O) groups is 1. The number of anilines is 1. The monoisotopic (exact) mass is 275 g/mol. The Hall–Kier alpha value is -1.74. The van der Waals surface area contributed by atoms with Crippen LogP contribution in [0.1, 0.15) is 27.8 Å². The van der Waals surface area contributed by atoms with Crippen LogP contribution in [0.25, 0.3) is 0 Å². The Labute approximate surface area is 116 Å². The smallest absolute Gasteiger partial charge is 0.231 e. The number of benzene rings is 1. The highest BCUT2D eigenvalue weighted by Gasteiger charge is 2.25. The summed E-state index contributed by atoms with van der Waals surface area (Å²) in [5.74, 6) is 0.881. The van der Waals surface area contributed by atoms with E-state index in [4.69, 9.17) is 16.0 Å². The van der Waals surface area contributed by atoms with Gasteiger partial charge in [0.1, 0.15) is 11.1 Å². The fraction of sp³-hybridized carbons (Fsp3) is 0.267. The van der Waals surface area contributed by atoms with Crippen molar-refractivity contribution < 1.29 is 9.21 Å². The number of likely N-dealkylation sites (N-methyl/N-ethyl adjacent to an activating group) is 1. The van der Waals surface area contributed by atoms with Crippen molar-refractivity contribution in [2.24, 2.45) is 0 Å². The molecule has 1 unspecified atom stereocenters. The number of alkyl halides is 1. The molecule has 3 nitrogen and oxygen atoms in total. The van der Waals surface area contributed by atoms with E-state index < -0.39 is 0 Å². The number of rotatable bonds is 2. The number of hydrogen-bond acceptors (Lipinski definition) is 2. The van der Waals surface area contributed by atoms with E-state index in [1.165, 1.54) is 0 Å². The molecule has 1 aliphatic rings. The molecule has 2 aromatic rings. The molecule has 0 saturated carbocycles. The van der Waals surface area contributed by atoms with Crippen molar-refractivity contribution in [1.29, 1.82) is 0 Å². The molecule has 1 aliphatic heterocycles. The molecule has 19 heavy (non-hydrogen) atoms. The summed E-state index contributed by atoms with van der Waals surface area (Å²) in [6.45, 7) is 1.97. The minimum absolute atomic E-state index is 0.118. The molecule has 1 atom stereocenters. The Bertz CT molecular complexity index is 647. The topological polar surface area (TPSA) is 33.5 Å². The summed E-state index contributed by atoms with van der Waals surface area (Å²) in [6.07, 6.45) is 2.09. The third kappa shape index (κ3) is 1.94. The summed E-state index contributed by atoms with van der Waals surface area (Å²) < 4.78 is 5.43. The molecule has 0 bridgehead atoms. The SMILES string of the molecule is Cc1ccoc1C(Cl)c1ccc2c(c1)CC(=O)N2C. The van der Waals surface area contributed by atoms with E-state index in [-0.39, 0.29) is 11.3 Å². The number of aryl methyl sites for hydroxylation is 1. The van der Waals surface area contributed by atoms with Gasteiger partial charge < -0.3 is 9.32 Å². The zero-order valence-corrected chi connectivity index (χ0v) is 11.6. The van der Waals surface area contributed by atoms with Crippen LogP contribution in [0.3, 0.4) is 0 Å². The van der Waals surface area contributed by atoms with E-state index in [1.807, 2.05) is 31.2 Å². The molecule has 1 aromatic heterocycles. The molecule has 0 aliphatic carbocycles. The number of hydrogen-bond donors (Lipinski definition) is 0. The largest absolute Gasteiger partial charge is 0.467 e. The highest BCUT2D eigenvalue weighted by atomic mass is 35.5. The fourth-order valence-corrected chi connectivity index (χ4v) is 2.80. The van der Waals surface area contributed by atoms with Crippen LogP contribution in [0.4, 0.5) is 5.69 Å². The van der Waals surface area contributed by atoms with Crippen molar-refractivity contribution in [2.45, 2.75) is 18.7 Å². The predicted molar refractivity (Wildman–Crippen MR) is 74.7 cm³/mol. The average Bonchev–Trinajstić information content (AvgIpc) is 2.93. The lowest BCUT2D eigenvalue weighted by molar-refractivity contribution is -0.117. The first kappa shape index (κ1) is 12.3. The first-order valence-electron chi connectivity index (χ1n) is 6.15. The Morgan fingerprint density at radius 1 is 1.37 bits per heavy atom. The maximum absolute atomic E-state index is 11.7. The van der Waals surface area contributed by atoms with Crippen LogP contribution >= 0.6 is 11.6 Å². The number of carbonyl (C=O) groups excluding carboxylic acids is 1. The van der Waals surface area contributed by atoms with Crippen molar-refractivity contribution in [1.82, 2.24) is 0 Å². The van der Waals surface area contributed by atoms with Crippen molar-refractivity contribution in [3.63, 3.8) is 0 Å². The van der Waals surface area contributed by atoms with Crippen molar-refractivity contribution in [3.8, 4) is 0 Å². The number of nitrogens with zero attached hydrogens (tertiary/aromatic N) is 1. The van der Waals surface area contributed by atoms with Crippen LogP contribution in [-0.2, 0) is 11.2 Å². The van der Waals surface area contributed by atoms with Crippen LogP contribution in [0.15, 0.2) is 34.9 Å². The van der Waals surface area contributed by atoms with Crippen LogP contribution in [-0.4, -0.2) is 13.0 Å². The Morgan fingerprint density at radius 2 is 2.16 bits per heavy atom. The number of furan rings is 1. The highest BCUT2D eigenvalue weighted by Crippen LogP contribution is 2.36. The molecule has 4 heteroatoms. The molecule has 0 N–H and O–H groups in total. The second-order valence-electron chi connectivity index (χ2n) is 4.85. The van der Waals surface area contributed by atoms with Gasteiger partial charge in [-0.15, -0.1) is 11.6 Å². The molecule has 1 amide bonds.